The van der Waals surface area contributed by atoms with Crippen molar-refractivity contribution >= 4 is 23.1 Å². The highest BCUT2D eigenvalue weighted by Gasteiger charge is 2.20. The van der Waals surface area contributed by atoms with E-state index in [0.29, 0.717) is 23.7 Å². The number of hydrogen-bond acceptors (Lipinski definition) is 5. The maximum atomic E-state index is 9.12. The first kappa shape index (κ1) is 13.9. The molecule has 0 spiro atoms. The maximum absolute atomic E-state index is 9.12. The van der Waals surface area contributed by atoms with Gasteiger partial charge in [0.25, 0.3) is 0 Å². The lowest BCUT2D eigenvalue weighted by molar-refractivity contribution is 0.00357. The lowest BCUT2D eigenvalue weighted by atomic mass is 10.1. The monoisotopic (exact) mass is 285 g/mol. The second kappa shape index (κ2) is 6.10. The van der Waals surface area contributed by atoms with Crippen molar-refractivity contribution in [3.05, 3.63) is 28.8 Å². The average molecular weight is 286 g/mol. The Bertz CT molecular complexity index is 481. The Hall–Kier alpha value is -1.50. The number of benzene rings is 1. The molecule has 0 bridgehead atoms. The van der Waals surface area contributed by atoms with E-state index >= 15 is 0 Å². The van der Waals surface area contributed by atoms with E-state index in [1.54, 1.807) is 12.1 Å². The van der Waals surface area contributed by atoms with Gasteiger partial charge in [-0.15, -0.1) is 0 Å². The number of rotatable bonds is 3. The summed E-state index contributed by atoms with van der Waals surface area (Å²) in [5.41, 5.74) is 6.92. The summed E-state index contributed by atoms with van der Waals surface area (Å²) >= 11 is 6.11. The Labute approximate surface area is 116 Å². The molecule has 1 unspecified atom stereocenters. The summed E-state index contributed by atoms with van der Waals surface area (Å²) in [6.45, 7) is 1.89. The molecule has 0 radical (unpaired) electrons. The summed E-state index contributed by atoms with van der Waals surface area (Å²) in [7, 11) is 0. The minimum Gasteiger partial charge on any atom is -0.409 e. The molecule has 1 aromatic rings. The van der Waals surface area contributed by atoms with Gasteiger partial charge in [0.1, 0.15) is 0 Å². The van der Waals surface area contributed by atoms with Crippen LogP contribution in [0.15, 0.2) is 23.4 Å². The zero-order chi connectivity index (χ0) is 13.8. The fourth-order valence-corrected chi connectivity index (χ4v) is 2.30. The molecular weight excluding hydrogens is 270 g/mol. The van der Waals surface area contributed by atoms with Gasteiger partial charge in [0.05, 0.1) is 24.3 Å². The third kappa shape index (κ3) is 3.09. The number of aliphatic hydroxyl groups excluding tert-OH is 1. The van der Waals surface area contributed by atoms with E-state index in [1.807, 2.05) is 6.07 Å². The molecule has 1 fully saturated rings. The minimum absolute atomic E-state index is 0.00751. The quantitative estimate of drug-likeness (QED) is 0.328. The Kier molecular flexibility index (Phi) is 4.47. The van der Waals surface area contributed by atoms with E-state index < -0.39 is 0 Å². The smallest absolute Gasteiger partial charge is 0.171 e. The van der Waals surface area contributed by atoms with Crippen LogP contribution in [0.3, 0.4) is 0 Å². The van der Waals surface area contributed by atoms with Crippen molar-refractivity contribution < 1.29 is 15.1 Å². The molecule has 4 N–H and O–H groups in total. The molecule has 1 heterocycles. The van der Waals surface area contributed by atoms with Gasteiger partial charge < -0.3 is 25.7 Å². The number of nitrogens with zero attached hydrogens (tertiary/aromatic N) is 2. The molecule has 0 amide bonds. The number of anilines is 1. The van der Waals surface area contributed by atoms with Crippen molar-refractivity contribution in [2.45, 2.75) is 6.10 Å². The minimum atomic E-state index is -0.184. The molecule has 1 aliphatic heterocycles. The number of halogens is 1. The first-order valence-corrected chi connectivity index (χ1v) is 6.28. The lowest BCUT2D eigenvalue weighted by Gasteiger charge is -2.33. The topological polar surface area (TPSA) is 91.3 Å². The van der Waals surface area contributed by atoms with Crippen LogP contribution >= 0.6 is 11.6 Å². The number of ether oxygens (including phenoxy) is 1. The molecule has 1 aromatic carbocycles. The second-order valence-corrected chi connectivity index (χ2v) is 4.68. The maximum Gasteiger partial charge on any atom is 0.171 e. The normalized spacial score (nSPS) is 20.6. The molecule has 104 valence electrons. The fraction of sp³-hybridized carbons (Fsp3) is 0.417. The Morgan fingerprint density at radius 2 is 2.37 bits per heavy atom. The van der Waals surface area contributed by atoms with Crippen LogP contribution in [-0.2, 0) is 4.74 Å². The molecule has 2 rings (SSSR count). The summed E-state index contributed by atoms with van der Waals surface area (Å²) in [4.78, 5) is 2.08. The van der Waals surface area contributed by atoms with Crippen LogP contribution in [0.1, 0.15) is 5.56 Å². The van der Waals surface area contributed by atoms with Crippen LogP contribution in [0, 0.1) is 0 Å². The van der Waals surface area contributed by atoms with Crippen LogP contribution in [0.5, 0.6) is 0 Å². The molecule has 1 saturated heterocycles. The van der Waals surface area contributed by atoms with Gasteiger partial charge in [0, 0.05) is 24.3 Å². The van der Waals surface area contributed by atoms with Crippen molar-refractivity contribution in [1.29, 1.82) is 0 Å². The molecule has 19 heavy (non-hydrogen) atoms. The number of amidine groups is 1. The van der Waals surface area contributed by atoms with Gasteiger partial charge in [0.2, 0.25) is 0 Å². The summed E-state index contributed by atoms with van der Waals surface area (Å²) in [6.07, 6.45) is -0.184. The average Bonchev–Trinajstić information content (AvgIpc) is 2.46. The zero-order valence-corrected chi connectivity index (χ0v) is 11.0. The van der Waals surface area contributed by atoms with E-state index in [0.717, 1.165) is 12.2 Å². The van der Waals surface area contributed by atoms with Crippen molar-refractivity contribution in [1.82, 2.24) is 0 Å². The third-order valence-corrected chi connectivity index (χ3v) is 3.36. The molecule has 6 nitrogen and oxygen atoms in total. The number of aliphatic hydroxyl groups is 1. The molecule has 1 aliphatic rings. The van der Waals surface area contributed by atoms with Gasteiger partial charge in [-0.2, -0.15) is 0 Å². The highest BCUT2D eigenvalue weighted by atomic mass is 35.5. The standard InChI is InChI=1S/C12H16ClN3O3/c13-11-5-8(1-2-10(11)12(14)15-18)16-3-4-19-9(6-16)7-17/h1-2,5,9,17-18H,3-4,6-7H2,(H2,14,15). The van der Waals surface area contributed by atoms with Crippen LogP contribution < -0.4 is 10.6 Å². The van der Waals surface area contributed by atoms with Crippen LogP contribution in [-0.4, -0.2) is 48.6 Å². The van der Waals surface area contributed by atoms with E-state index in [1.165, 1.54) is 0 Å². The van der Waals surface area contributed by atoms with Crippen molar-refractivity contribution in [3.63, 3.8) is 0 Å². The van der Waals surface area contributed by atoms with Gasteiger partial charge >= 0.3 is 0 Å². The Morgan fingerprint density at radius 1 is 1.58 bits per heavy atom. The lowest BCUT2D eigenvalue weighted by Crippen LogP contribution is -2.44. The molecule has 0 saturated carbocycles. The van der Waals surface area contributed by atoms with Crippen LogP contribution in [0.25, 0.3) is 0 Å². The summed E-state index contributed by atoms with van der Waals surface area (Å²) < 4.78 is 5.39. The van der Waals surface area contributed by atoms with E-state index in [9.17, 15) is 0 Å². The highest BCUT2D eigenvalue weighted by Crippen LogP contribution is 2.25. The summed E-state index contributed by atoms with van der Waals surface area (Å²) in [6, 6.07) is 5.31. The van der Waals surface area contributed by atoms with E-state index in [-0.39, 0.29) is 18.5 Å². The number of hydrogen-bond donors (Lipinski definition) is 3. The SMILES string of the molecule is N/C(=N/O)c1ccc(N2CCOC(CO)C2)cc1Cl. The number of oxime groups is 1. The van der Waals surface area contributed by atoms with Crippen LogP contribution in [0.4, 0.5) is 5.69 Å². The summed E-state index contributed by atoms with van der Waals surface area (Å²) in [5.74, 6) is -0.0215. The fourth-order valence-electron chi connectivity index (χ4n) is 2.03. The number of nitrogens with two attached hydrogens (primary N) is 1. The zero-order valence-electron chi connectivity index (χ0n) is 10.3. The van der Waals surface area contributed by atoms with Crippen molar-refractivity contribution in [2.24, 2.45) is 10.9 Å². The van der Waals surface area contributed by atoms with Gasteiger partial charge in [-0.1, -0.05) is 16.8 Å². The molecule has 0 aliphatic carbocycles. The van der Waals surface area contributed by atoms with Crippen molar-refractivity contribution in [2.75, 3.05) is 31.2 Å². The molecule has 1 atom stereocenters. The molecule has 7 heteroatoms. The summed E-state index contributed by atoms with van der Waals surface area (Å²) in [5, 5.41) is 21.1. The van der Waals surface area contributed by atoms with E-state index in [4.69, 9.17) is 32.4 Å². The largest absolute Gasteiger partial charge is 0.409 e. The van der Waals surface area contributed by atoms with Gasteiger partial charge in [0.15, 0.2) is 5.84 Å². The third-order valence-electron chi connectivity index (χ3n) is 3.04. The first-order valence-electron chi connectivity index (χ1n) is 5.90. The second-order valence-electron chi connectivity index (χ2n) is 4.27. The predicted octanol–water partition coefficient (Wildman–Crippen LogP) is 0.632. The molecule has 0 aromatic heterocycles. The van der Waals surface area contributed by atoms with Gasteiger partial charge in [-0.05, 0) is 18.2 Å². The molecular formula is C12H16ClN3O3. The Morgan fingerprint density at radius 3 is 3.00 bits per heavy atom. The van der Waals surface area contributed by atoms with Crippen molar-refractivity contribution in [3.8, 4) is 0 Å². The Balaban J connectivity index is 2.20. The predicted molar refractivity (Wildman–Crippen MR) is 73.0 cm³/mol. The van der Waals surface area contributed by atoms with Gasteiger partial charge in [-0.3, -0.25) is 0 Å². The highest BCUT2D eigenvalue weighted by molar-refractivity contribution is 6.34. The first-order chi connectivity index (χ1) is 9.15. The van der Waals surface area contributed by atoms with E-state index in [2.05, 4.69) is 10.1 Å². The van der Waals surface area contributed by atoms with Gasteiger partial charge in [-0.25, -0.2) is 0 Å². The number of morpholine rings is 1. The van der Waals surface area contributed by atoms with Crippen LogP contribution in [0.2, 0.25) is 5.02 Å².